The zero-order valence-corrected chi connectivity index (χ0v) is 19.5. The fourth-order valence-electron chi connectivity index (χ4n) is 3.45. The molecule has 0 rings (SSSR count). The number of hydrogen-bond acceptors (Lipinski definition) is 2. The minimum Gasteiger partial charge on any atom is -0.276 e. The standard InChI is InChI=1S/C22H44INO2/c1-2-3-4-5-6-7-8-9-10-11-12-13-14-15-16-17-18-19-20-21-22(25)24(23)26/h26H,2-21H2,1H3. The van der Waals surface area contributed by atoms with Crippen LogP contribution in [0, 0.1) is 0 Å². The Morgan fingerprint density at radius 2 is 0.885 bits per heavy atom. The minimum atomic E-state index is -0.183. The fourth-order valence-corrected chi connectivity index (χ4v) is 3.69. The molecule has 0 aromatic rings. The molecule has 0 aromatic heterocycles. The van der Waals surface area contributed by atoms with E-state index < -0.39 is 0 Å². The molecule has 0 aliphatic carbocycles. The van der Waals surface area contributed by atoms with Gasteiger partial charge in [-0.15, -0.1) is 0 Å². The smallest absolute Gasteiger partial charge is 0.255 e. The Bertz CT molecular complexity index is 298. The molecule has 0 unspecified atom stereocenters. The first-order valence-corrected chi connectivity index (χ1v) is 12.3. The summed E-state index contributed by atoms with van der Waals surface area (Å²) in [5.74, 6) is -0.183. The summed E-state index contributed by atoms with van der Waals surface area (Å²) >= 11 is 1.61. The molecule has 156 valence electrons. The number of halogens is 1. The quantitative estimate of drug-likeness (QED) is 0.0624. The Balaban J connectivity index is 3.04. The molecule has 0 bridgehead atoms. The normalized spacial score (nSPS) is 11.0. The summed E-state index contributed by atoms with van der Waals surface area (Å²) in [5.41, 5.74) is 0. The molecule has 0 saturated carbocycles. The minimum absolute atomic E-state index is 0.183. The molecule has 1 amide bonds. The van der Waals surface area contributed by atoms with Crippen molar-refractivity contribution in [3.8, 4) is 0 Å². The number of hydroxylamine groups is 1. The topological polar surface area (TPSA) is 40.5 Å². The van der Waals surface area contributed by atoms with Gasteiger partial charge in [0.05, 0.1) is 22.9 Å². The zero-order chi connectivity index (χ0) is 19.3. The lowest BCUT2D eigenvalue weighted by Crippen LogP contribution is -2.15. The highest BCUT2D eigenvalue weighted by molar-refractivity contribution is 14.1. The molecule has 3 nitrogen and oxygen atoms in total. The van der Waals surface area contributed by atoms with Crippen LogP contribution in [0.5, 0.6) is 0 Å². The van der Waals surface area contributed by atoms with Crippen LogP contribution in [-0.2, 0) is 4.79 Å². The molecule has 0 atom stereocenters. The number of carbonyl (C=O) groups excluding carboxylic acids is 1. The van der Waals surface area contributed by atoms with Crippen LogP contribution < -0.4 is 0 Å². The highest BCUT2D eigenvalue weighted by atomic mass is 127. The SMILES string of the molecule is CCCCCCCCCCCCCCCCCCCCCC(=O)N(O)I. The second-order valence-electron chi connectivity index (χ2n) is 7.77. The first kappa shape index (κ1) is 26.2. The van der Waals surface area contributed by atoms with Crippen molar-refractivity contribution < 1.29 is 10.0 Å². The molecular weight excluding hydrogens is 437 g/mol. The van der Waals surface area contributed by atoms with E-state index in [1.165, 1.54) is 109 Å². The van der Waals surface area contributed by atoms with Crippen LogP contribution in [0.15, 0.2) is 0 Å². The van der Waals surface area contributed by atoms with Gasteiger partial charge in [0.2, 0.25) is 0 Å². The van der Waals surface area contributed by atoms with E-state index in [1.54, 1.807) is 22.9 Å². The van der Waals surface area contributed by atoms with Crippen molar-refractivity contribution in [2.45, 2.75) is 135 Å². The molecule has 26 heavy (non-hydrogen) atoms. The molecule has 0 spiro atoms. The summed E-state index contributed by atoms with van der Waals surface area (Å²) in [6, 6.07) is 0. The Hall–Kier alpha value is 0.160. The molecule has 0 saturated heterocycles. The largest absolute Gasteiger partial charge is 0.276 e. The third kappa shape index (κ3) is 20.5. The van der Waals surface area contributed by atoms with Crippen molar-refractivity contribution in [3.05, 3.63) is 0 Å². The monoisotopic (exact) mass is 481 g/mol. The third-order valence-electron chi connectivity index (χ3n) is 5.20. The second-order valence-corrected chi connectivity index (χ2v) is 8.68. The van der Waals surface area contributed by atoms with Gasteiger partial charge in [0, 0.05) is 6.42 Å². The van der Waals surface area contributed by atoms with Crippen LogP contribution in [0.3, 0.4) is 0 Å². The summed E-state index contributed by atoms with van der Waals surface area (Å²) in [7, 11) is 0. The summed E-state index contributed by atoms with van der Waals surface area (Å²) in [6.07, 6.45) is 26.3. The van der Waals surface area contributed by atoms with Crippen LogP contribution in [0.2, 0.25) is 0 Å². The van der Waals surface area contributed by atoms with Crippen molar-refractivity contribution >= 4 is 28.8 Å². The molecule has 1 N–H and O–H groups in total. The maximum absolute atomic E-state index is 11.2. The van der Waals surface area contributed by atoms with Gasteiger partial charge < -0.3 is 0 Å². The maximum Gasteiger partial charge on any atom is 0.255 e. The summed E-state index contributed by atoms with van der Waals surface area (Å²) in [5, 5.41) is 8.94. The van der Waals surface area contributed by atoms with E-state index in [0.717, 1.165) is 12.8 Å². The van der Waals surface area contributed by atoms with Gasteiger partial charge in [0.1, 0.15) is 0 Å². The van der Waals surface area contributed by atoms with E-state index >= 15 is 0 Å². The van der Waals surface area contributed by atoms with Crippen molar-refractivity contribution in [2.75, 3.05) is 0 Å². The average Bonchev–Trinajstić information content (AvgIpc) is 2.63. The van der Waals surface area contributed by atoms with Gasteiger partial charge in [-0.05, 0) is 6.42 Å². The molecule has 0 aromatic carbocycles. The van der Waals surface area contributed by atoms with Gasteiger partial charge in [0.25, 0.3) is 5.91 Å². The molecular formula is C22H44INO2. The zero-order valence-electron chi connectivity index (χ0n) is 17.3. The lowest BCUT2D eigenvalue weighted by atomic mass is 10.0. The average molecular weight is 482 g/mol. The van der Waals surface area contributed by atoms with Crippen LogP contribution in [-0.4, -0.2) is 14.4 Å². The Kier molecular flexibility index (Phi) is 21.6. The Morgan fingerprint density at radius 1 is 0.615 bits per heavy atom. The van der Waals surface area contributed by atoms with E-state index in [0.29, 0.717) is 9.70 Å². The number of amides is 1. The predicted molar refractivity (Wildman–Crippen MR) is 121 cm³/mol. The molecule has 0 radical (unpaired) electrons. The van der Waals surface area contributed by atoms with Crippen molar-refractivity contribution in [1.29, 1.82) is 0 Å². The molecule has 0 fully saturated rings. The number of unbranched alkanes of at least 4 members (excludes halogenated alkanes) is 18. The first-order valence-electron chi connectivity index (χ1n) is 11.4. The van der Waals surface area contributed by atoms with Crippen molar-refractivity contribution in [1.82, 2.24) is 3.28 Å². The molecule has 4 heteroatoms. The van der Waals surface area contributed by atoms with Gasteiger partial charge >= 0.3 is 0 Å². The first-order chi connectivity index (χ1) is 12.7. The highest BCUT2D eigenvalue weighted by Crippen LogP contribution is 2.15. The second kappa shape index (κ2) is 21.5. The number of rotatable bonds is 20. The van der Waals surface area contributed by atoms with Crippen LogP contribution >= 0.6 is 22.9 Å². The third-order valence-corrected chi connectivity index (χ3v) is 5.74. The van der Waals surface area contributed by atoms with Crippen LogP contribution in [0.4, 0.5) is 0 Å². The van der Waals surface area contributed by atoms with E-state index in [-0.39, 0.29) is 5.91 Å². The number of carbonyl (C=O) groups is 1. The maximum atomic E-state index is 11.2. The van der Waals surface area contributed by atoms with Gasteiger partial charge in [-0.2, -0.15) is 3.28 Å². The van der Waals surface area contributed by atoms with E-state index in [1.807, 2.05) is 0 Å². The van der Waals surface area contributed by atoms with Gasteiger partial charge in [-0.25, -0.2) is 0 Å². The Labute approximate surface area is 177 Å². The van der Waals surface area contributed by atoms with Crippen LogP contribution in [0.1, 0.15) is 135 Å². The lowest BCUT2D eigenvalue weighted by Gasteiger charge is -2.05. The highest BCUT2D eigenvalue weighted by Gasteiger charge is 2.05. The summed E-state index contributed by atoms with van der Waals surface area (Å²) in [4.78, 5) is 11.2. The van der Waals surface area contributed by atoms with Crippen molar-refractivity contribution in [2.24, 2.45) is 0 Å². The fraction of sp³-hybridized carbons (Fsp3) is 0.955. The van der Waals surface area contributed by atoms with Crippen molar-refractivity contribution in [3.63, 3.8) is 0 Å². The molecule has 0 aliphatic heterocycles. The van der Waals surface area contributed by atoms with Gasteiger partial charge in [-0.3, -0.25) is 10.0 Å². The summed E-state index contributed by atoms with van der Waals surface area (Å²) < 4.78 is 0.673. The lowest BCUT2D eigenvalue weighted by molar-refractivity contribution is -0.141. The van der Waals surface area contributed by atoms with Gasteiger partial charge in [-0.1, -0.05) is 122 Å². The number of nitrogens with zero attached hydrogens (tertiary/aromatic N) is 1. The molecule has 0 aliphatic rings. The Morgan fingerprint density at radius 3 is 1.15 bits per heavy atom. The van der Waals surface area contributed by atoms with Crippen LogP contribution in [0.25, 0.3) is 0 Å². The van der Waals surface area contributed by atoms with E-state index in [9.17, 15) is 4.79 Å². The van der Waals surface area contributed by atoms with Gasteiger partial charge in [0.15, 0.2) is 0 Å². The summed E-state index contributed by atoms with van der Waals surface area (Å²) in [6.45, 7) is 2.28. The van der Waals surface area contributed by atoms with E-state index in [4.69, 9.17) is 5.21 Å². The number of hydrogen-bond donors (Lipinski definition) is 1. The predicted octanol–water partition coefficient (Wildman–Crippen LogP) is 8.38. The van der Waals surface area contributed by atoms with E-state index in [2.05, 4.69) is 6.92 Å². The molecule has 0 heterocycles.